The zero-order valence-electron chi connectivity index (χ0n) is 50.2. The number of likely N-dealkylation sites (N-methyl/N-ethyl adjacent to an activating group) is 1. The number of allylic oxidation sites excluding steroid dienone is 16. The summed E-state index contributed by atoms with van der Waals surface area (Å²) in [7, 11) is 1.60. The molecule has 0 fully saturated rings. The summed E-state index contributed by atoms with van der Waals surface area (Å²) in [6, 6.07) is -0.777. The summed E-state index contributed by atoms with van der Waals surface area (Å²) in [5.74, 6) is -0.160. The van der Waals surface area contributed by atoms with E-state index in [9.17, 15) is 19.4 Å². The van der Waals surface area contributed by atoms with Crippen molar-refractivity contribution in [3.05, 3.63) is 97.2 Å². The van der Waals surface area contributed by atoms with Crippen molar-refractivity contribution >= 4 is 13.7 Å². The SMILES string of the molecule is CC/C=C\C/C=C\C/C=C\C/C=C\C/C=C\C/C=C\C/C=C\C/C=C\CCCCCCCCC(=O)NC(COP(=O)(O)OCC[N+](C)(C)C)C(O)CCCCCCCCCCCCCCCCCCCCCCCCC. The molecule has 0 aromatic carbocycles. The highest BCUT2D eigenvalue weighted by atomic mass is 31.2. The lowest BCUT2D eigenvalue weighted by molar-refractivity contribution is -0.870. The van der Waals surface area contributed by atoms with Gasteiger partial charge in [0, 0.05) is 6.42 Å². The highest BCUT2D eigenvalue weighted by molar-refractivity contribution is 7.47. The molecule has 0 aliphatic heterocycles. The summed E-state index contributed by atoms with van der Waals surface area (Å²) in [6.07, 6.45) is 81.9. The maximum absolute atomic E-state index is 13.0. The number of hydrogen-bond donors (Lipinski definition) is 3. The molecule has 0 aromatic heterocycles. The van der Waals surface area contributed by atoms with Gasteiger partial charge in [-0.15, -0.1) is 0 Å². The summed E-state index contributed by atoms with van der Waals surface area (Å²) in [5, 5.41) is 14.1. The molecule has 0 radical (unpaired) electrons. The molecule has 3 unspecified atom stereocenters. The Hall–Kier alpha value is -2.58. The first-order chi connectivity index (χ1) is 37.0. The topological polar surface area (TPSA) is 105 Å². The van der Waals surface area contributed by atoms with Crippen LogP contribution in [0.25, 0.3) is 0 Å². The van der Waals surface area contributed by atoms with Crippen molar-refractivity contribution in [1.29, 1.82) is 0 Å². The number of amides is 1. The van der Waals surface area contributed by atoms with E-state index in [1.807, 2.05) is 21.1 Å². The number of nitrogens with one attached hydrogen (secondary N) is 1. The fraction of sp³-hybridized carbons (Fsp3) is 0.746. The van der Waals surface area contributed by atoms with E-state index in [1.165, 1.54) is 141 Å². The second-order valence-electron chi connectivity index (χ2n) is 22.4. The predicted octanol–water partition coefficient (Wildman–Crippen LogP) is 19.8. The minimum atomic E-state index is -4.34. The van der Waals surface area contributed by atoms with Crippen molar-refractivity contribution in [1.82, 2.24) is 5.32 Å². The maximum atomic E-state index is 13.0. The quantitative estimate of drug-likeness (QED) is 0.0243. The lowest BCUT2D eigenvalue weighted by Crippen LogP contribution is -2.46. The number of carbonyl (C=O) groups excluding carboxylic acids is 1. The van der Waals surface area contributed by atoms with Crippen molar-refractivity contribution in [3.8, 4) is 0 Å². The number of phosphoric acid groups is 1. The third-order valence-electron chi connectivity index (χ3n) is 13.8. The van der Waals surface area contributed by atoms with Crippen LogP contribution in [0, 0.1) is 0 Å². The zero-order chi connectivity index (χ0) is 55.6. The molecule has 0 heterocycles. The molecule has 3 N–H and O–H groups in total. The number of quaternary nitrogens is 1. The molecule has 9 heteroatoms. The Kier molecular flexibility index (Phi) is 55.2. The average Bonchev–Trinajstić information content (AvgIpc) is 3.38. The molecule has 0 saturated heterocycles. The van der Waals surface area contributed by atoms with Gasteiger partial charge < -0.3 is 19.8 Å². The largest absolute Gasteiger partial charge is 0.472 e. The molecule has 0 bridgehead atoms. The smallest absolute Gasteiger partial charge is 0.391 e. The molecule has 1 amide bonds. The van der Waals surface area contributed by atoms with E-state index in [-0.39, 0.29) is 19.1 Å². The van der Waals surface area contributed by atoms with Crippen LogP contribution in [0.2, 0.25) is 0 Å². The van der Waals surface area contributed by atoms with Crippen LogP contribution in [0.4, 0.5) is 0 Å². The molecule has 0 spiro atoms. The molecule has 0 aliphatic rings. The summed E-state index contributed by atoms with van der Waals surface area (Å²) >= 11 is 0. The van der Waals surface area contributed by atoms with Crippen LogP contribution < -0.4 is 5.32 Å². The maximum Gasteiger partial charge on any atom is 0.472 e. The van der Waals surface area contributed by atoms with Gasteiger partial charge in [0.1, 0.15) is 13.2 Å². The number of aliphatic hydroxyl groups is 1. The monoisotopic (exact) mass is 1080 g/mol. The van der Waals surface area contributed by atoms with Gasteiger partial charge in [-0.3, -0.25) is 13.8 Å². The van der Waals surface area contributed by atoms with E-state index in [0.717, 1.165) is 103 Å². The van der Waals surface area contributed by atoms with Crippen LogP contribution in [0.3, 0.4) is 0 Å². The molecule has 0 saturated carbocycles. The van der Waals surface area contributed by atoms with Gasteiger partial charge in [0.05, 0.1) is 39.9 Å². The van der Waals surface area contributed by atoms with Gasteiger partial charge in [0.2, 0.25) is 5.91 Å². The highest BCUT2D eigenvalue weighted by Gasteiger charge is 2.28. The van der Waals surface area contributed by atoms with Gasteiger partial charge in [0.15, 0.2) is 0 Å². The summed E-state index contributed by atoms with van der Waals surface area (Å²) in [6.45, 7) is 4.78. The Morgan fingerprint density at radius 2 is 0.789 bits per heavy atom. The van der Waals surface area contributed by atoms with Gasteiger partial charge in [-0.25, -0.2) is 4.57 Å². The van der Waals surface area contributed by atoms with E-state index < -0.39 is 20.0 Å². The van der Waals surface area contributed by atoms with Crippen LogP contribution in [0.15, 0.2) is 97.2 Å². The summed E-state index contributed by atoms with van der Waals surface area (Å²) in [5.41, 5.74) is 0. The highest BCUT2D eigenvalue weighted by Crippen LogP contribution is 2.43. The number of rotatable bonds is 57. The van der Waals surface area contributed by atoms with Crippen molar-refractivity contribution in [2.24, 2.45) is 0 Å². The van der Waals surface area contributed by atoms with Crippen molar-refractivity contribution in [2.45, 2.75) is 283 Å². The Labute approximate surface area is 470 Å². The molecule has 3 atom stereocenters. The molecular formula is C67H122N2O6P+. The first-order valence-electron chi connectivity index (χ1n) is 31.6. The predicted molar refractivity (Wildman–Crippen MR) is 332 cm³/mol. The van der Waals surface area contributed by atoms with Gasteiger partial charge in [-0.05, 0) is 77.0 Å². The molecule has 0 rings (SSSR count). The first-order valence-corrected chi connectivity index (χ1v) is 33.1. The van der Waals surface area contributed by atoms with Crippen LogP contribution >= 0.6 is 7.82 Å². The molecule has 0 aliphatic carbocycles. The third kappa shape index (κ3) is 59.1. The number of unbranched alkanes of at least 4 members (excludes halogenated alkanes) is 28. The first kappa shape index (κ1) is 73.4. The molecule has 76 heavy (non-hydrogen) atoms. The van der Waals surface area contributed by atoms with Crippen LogP contribution in [-0.4, -0.2) is 73.4 Å². The van der Waals surface area contributed by atoms with E-state index in [1.54, 1.807) is 0 Å². The number of nitrogens with zero attached hydrogens (tertiary/aromatic N) is 1. The Balaban J connectivity index is 4.20. The van der Waals surface area contributed by atoms with Gasteiger partial charge in [0.25, 0.3) is 0 Å². The molecule has 0 aromatic rings. The normalized spacial score (nSPS) is 14.5. The lowest BCUT2D eigenvalue weighted by atomic mass is 10.0. The van der Waals surface area contributed by atoms with Crippen LogP contribution in [0.5, 0.6) is 0 Å². The Bertz CT molecular complexity index is 1560. The molecular weight excluding hydrogens is 960 g/mol. The second-order valence-corrected chi connectivity index (χ2v) is 23.9. The summed E-state index contributed by atoms with van der Waals surface area (Å²) in [4.78, 5) is 23.4. The number of phosphoric ester groups is 1. The fourth-order valence-corrected chi connectivity index (χ4v) is 9.68. The number of aliphatic hydroxyl groups excluding tert-OH is 1. The third-order valence-corrected chi connectivity index (χ3v) is 14.8. The minimum Gasteiger partial charge on any atom is -0.391 e. The minimum absolute atomic E-state index is 0.0670. The van der Waals surface area contributed by atoms with Crippen molar-refractivity contribution in [3.63, 3.8) is 0 Å². The van der Waals surface area contributed by atoms with E-state index >= 15 is 0 Å². The van der Waals surface area contributed by atoms with E-state index in [2.05, 4.69) is 116 Å². The van der Waals surface area contributed by atoms with E-state index in [4.69, 9.17) is 9.05 Å². The lowest BCUT2D eigenvalue weighted by Gasteiger charge is -2.26. The molecule has 440 valence electrons. The zero-order valence-corrected chi connectivity index (χ0v) is 51.1. The van der Waals surface area contributed by atoms with Crippen LogP contribution in [0.1, 0.15) is 271 Å². The Morgan fingerprint density at radius 3 is 1.16 bits per heavy atom. The number of hydrogen-bond acceptors (Lipinski definition) is 5. The standard InChI is InChI=1S/C67H121N2O6P/c1-6-8-10-12-14-16-18-20-22-24-26-28-30-31-32-33-34-35-36-37-39-41-43-45-47-49-51-53-55-57-59-61-67(71)68-65(64-75-76(72,73)74-63-62-69(3,4)5)66(70)60-58-56-54-52-50-48-46-44-42-40-38-29-27-25-23-21-19-17-15-13-11-9-7-2/h8,10,14,16,20,22,26,28,31-32,34-35,37,39,43,45,65-66,70H,6-7,9,11-13,15,17-19,21,23-25,27,29-30,33,36,38,40-42,44,46-64H2,1-5H3,(H-,68,71,72,73)/p+1/b10-8-,16-14-,22-20-,28-26-,32-31-,35-34-,39-37-,45-43-. The second kappa shape index (κ2) is 57.1. The Morgan fingerprint density at radius 1 is 0.461 bits per heavy atom. The van der Waals surface area contributed by atoms with Gasteiger partial charge >= 0.3 is 7.82 Å². The van der Waals surface area contributed by atoms with E-state index in [0.29, 0.717) is 23.9 Å². The van der Waals surface area contributed by atoms with Crippen molar-refractivity contribution in [2.75, 3.05) is 40.9 Å². The van der Waals surface area contributed by atoms with Crippen molar-refractivity contribution < 1.29 is 32.9 Å². The fourth-order valence-electron chi connectivity index (χ4n) is 8.95. The van der Waals surface area contributed by atoms with Gasteiger partial charge in [-0.1, -0.05) is 284 Å². The average molecular weight is 1080 g/mol. The van der Waals surface area contributed by atoms with Crippen LogP contribution in [-0.2, 0) is 18.4 Å². The summed E-state index contributed by atoms with van der Waals surface area (Å²) < 4.78 is 23.8. The molecule has 8 nitrogen and oxygen atoms in total. The van der Waals surface area contributed by atoms with Gasteiger partial charge in [-0.2, -0.15) is 0 Å². The number of carbonyl (C=O) groups is 1.